The SMILES string of the molecule is CN1CC[C@]2(CN3CCc4ccccc4[C@@H]3C[C@@H]2c2ccccc2)C1=O. The molecule has 2 aromatic rings. The van der Waals surface area contributed by atoms with E-state index in [9.17, 15) is 4.79 Å². The molecule has 134 valence electrons. The Morgan fingerprint density at radius 1 is 1.00 bits per heavy atom. The second kappa shape index (κ2) is 5.95. The van der Waals surface area contributed by atoms with E-state index in [0.717, 1.165) is 38.9 Å². The third-order valence-electron chi connectivity index (χ3n) is 7.00. The lowest BCUT2D eigenvalue weighted by molar-refractivity contribution is -0.140. The average Bonchev–Trinajstić information content (AvgIpc) is 2.97. The molecule has 0 N–H and O–H groups in total. The molecule has 2 fully saturated rings. The molecule has 1 amide bonds. The van der Waals surface area contributed by atoms with Gasteiger partial charge in [-0.05, 0) is 36.0 Å². The summed E-state index contributed by atoms with van der Waals surface area (Å²) in [6, 6.07) is 20.1. The van der Waals surface area contributed by atoms with Crippen molar-refractivity contribution < 1.29 is 4.79 Å². The van der Waals surface area contributed by atoms with Gasteiger partial charge in [0.05, 0.1) is 5.41 Å². The molecule has 3 aliphatic heterocycles. The van der Waals surface area contributed by atoms with Gasteiger partial charge in [-0.3, -0.25) is 9.69 Å². The molecule has 0 saturated carbocycles. The Kier molecular flexibility index (Phi) is 3.68. The average molecular weight is 346 g/mol. The van der Waals surface area contributed by atoms with E-state index in [4.69, 9.17) is 0 Å². The van der Waals surface area contributed by atoms with Gasteiger partial charge in [-0.25, -0.2) is 0 Å². The minimum atomic E-state index is -0.251. The second-order valence-electron chi connectivity index (χ2n) is 8.27. The van der Waals surface area contributed by atoms with Gasteiger partial charge in [0.25, 0.3) is 0 Å². The predicted molar refractivity (Wildman–Crippen MR) is 103 cm³/mol. The van der Waals surface area contributed by atoms with Crippen molar-refractivity contribution in [1.29, 1.82) is 0 Å². The fourth-order valence-corrected chi connectivity index (χ4v) is 5.66. The van der Waals surface area contributed by atoms with Gasteiger partial charge in [-0.15, -0.1) is 0 Å². The maximum absolute atomic E-state index is 13.3. The molecular formula is C23H26N2O. The Bertz CT molecular complexity index is 833. The van der Waals surface area contributed by atoms with Crippen molar-refractivity contribution in [3.8, 4) is 0 Å². The molecule has 2 saturated heterocycles. The van der Waals surface area contributed by atoms with Gasteiger partial charge >= 0.3 is 0 Å². The number of benzene rings is 2. The number of carbonyl (C=O) groups excluding carboxylic acids is 1. The minimum Gasteiger partial charge on any atom is -0.345 e. The molecule has 0 unspecified atom stereocenters. The van der Waals surface area contributed by atoms with Crippen LogP contribution in [0.3, 0.4) is 0 Å². The summed E-state index contributed by atoms with van der Waals surface area (Å²) in [4.78, 5) is 17.8. The molecule has 0 radical (unpaired) electrons. The van der Waals surface area contributed by atoms with Crippen LogP contribution in [0.2, 0.25) is 0 Å². The Labute approximate surface area is 155 Å². The van der Waals surface area contributed by atoms with Crippen LogP contribution in [-0.2, 0) is 11.2 Å². The van der Waals surface area contributed by atoms with Crippen LogP contribution in [0.5, 0.6) is 0 Å². The quantitative estimate of drug-likeness (QED) is 0.787. The number of likely N-dealkylation sites (tertiary alicyclic amines) is 1. The third-order valence-corrected chi connectivity index (χ3v) is 7.00. The zero-order valence-corrected chi connectivity index (χ0v) is 15.4. The van der Waals surface area contributed by atoms with Crippen molar-refractivity contribution in [2.45, 2.75) is 31.2 Å². The number of fused-ring (bicyclic) bond motifs is 3. The fourth-order valence-electron chi connectivity index (χ4n) is 5.66. The van der Waals surface area contributed by atoms with Gasteiger partial charge in [-0.2, -0.15) is 0 Å². The molecule has 2 aromatic carbocycles. The molecular weight excluding hydrogens is 320 g/mol. The van der Waals surface area contributed by atoms with Crippen molar-refractivity contribution in [3.05, 3.63) is 71.3 Å². The van der Waals surface area contributed by atoms with Crippen molar-refractivity contribution in [2.24, 2.45) is 5.41 Å². The number of piperidine rings is 1. The topological polar surface area (TPSA) is 23.6 Å². The van der Waals surface area contributed by atoms with Crippen LogP contribution in [0.25, 0.3) is 0 Å². The summed E-state index contributed by atoms with van der Waals surface area (Å²) >= 11 is 0. The summed E-state index contributed by atoms with van der Waals surface area (Å²) in [6.45, 7) is 2.86. The van der Waals surface area contributed by atoms with E-state index in [2.05, 4.69) is 59.5 Å². The smallest absolute Gasteiger partial charge is 0.230 e. The number of amides is 1. The Morgan fingerprint density at radius 2 is 1.77 bits per heavy atom. The molecule has 5 rings (SSSR count). The molecule has 3 aliphatic rings. The zero-order chi connectivity index (χ0) is 17.7. The number of hydrogen-bond donors (Lipinski definition) is 0. The van der Waals surface area contributed by atoms with Gasteiger partial charge in [0.1, 0.15) is 0 Å². The van der Waals surface area contributed by atoms with Gasteiger partial charge in [0, 0.05) is 38.6 Å². The lowest BCUT2D eigenvalue weighted by Crippen LogP contribution is -2.54. The maximum atomic E-state index is 13.3. The van der Waals surface area contributed by atoms with Gasteiger partial charge in [0.2, 0.25) is 5.91 Å². The molecule has 0 bridgehead atoms. The van der Waals surface area contributed by atoms with E-state index >= 15 is 0 Å². The molecule has 26 heavy (non-hydrogen) atoms. The zero-order valence-electron chi connectivity index (χ0n) is 15.4. The highest BCUT2D eigenvalue weighted by atomic mass is 16.2. The first kappa shape index (κ1) is 16.1. The Balaban J connectivity index is 1.60. The minimum absolute atomic E-state index is 0.251. The molecule has 3 atom stereocenters. The van der Waals surface area contributed by atoms with E-state index in [0.29, 0.717) is 17.9 Å². The van der Waals surface area contributed by atoms with Gasteiger partial charge in [0.15, 0.2) is 0 Å². The highest BCUT2D eigenvalue weighted by Gasteiger charge is 2.56. The van der Waals surface area contributed by atoms with Crippen LogP contribution in [-0.4, -0.2) is 42.4 Å². The highest BCUT2D eigenvalue weighted by Crippen LogP contribution is 2.54. The van der Waals surface area contributed by atoms with Crippen LogP contribution in [0.15, 0.2) is 54.6 Å². The lowest BCUT2D eigenvalue weighted by Gasteiger charge is -2.51. The molecule has 3 heterocycles. The van der Waals surface area contributed by atoms with Gasteiger partial charge in [-0.1, -0.05) is 54.6 Å². The highest BCUT2D eigenvalue weighted by molar-refractivity contribution is 5.86. The summed E-state index contributed by atoms with van der Waals surface area (Å²) in [5, 5.41) is 0. The van der Waals surface area contributed by atoms with E-state index in [1.165, 1.54) is 16.7 Å². The summed E-state index contributed by atoms with van der Waals surface area (Å²) in [7, 11) is 1.97. The molecule has 3 nitrogen and oxygen atoms in total. The normalized spacial score (nSPS) is 31.1. The molecule has 0 aromatic heterocycles. The van der Waals surface area contributed by atoms with Crippen LogP contribution < -0.4 is 0 Å². The number of carbonyl (C=O) groups is 1. The number of nitrogens with zero attached hydrogens (tertiary/aromatic N) is 2. The van der Waals surface area contributed by atoms with Crippen molar-refractivity contribution in [2.75, 3.05) is 26.7 Å². The first-order valence-electron chi connectivity index (χ1n) is 9.81. The molecule has 3 heteroatoms. The first-order chi connectivity index (χ1) is 12.7. The molecule has 0 aliphatic carbocycles. The summed E-state index contributed by atoms with van der Waals surface area (Å²) in [6.07, 6.45) is 3.12. The van der Waals surface area contributed by atoms with Crippen molar-refractivity contribution in [3.63, 3.8) is 0 Å². The standard InChI is InChI=1S/C23H26N2O/c1-24-14-12-23(22(24)26)16-25-13-11-17-7-5-6-10-19(17)21(25)15-20(23)18-8-3-2-4-9-18/h2-10,20-21H,11-16H2,1H3/t20-,21+,23-/m1/s1. The summed E-state index contributed by atoms with van der Waals surface area (Å²) in [5.74, 6) is 0.650. The monoisotopic (exact) mass is 346 g/mol. The number of hydrogen-bond acceptors (Lipinski definition) is 2. The Hall–Kier alpha value is -2.13. The van der Waals surface area contributed by atoms with Crippen LogP contribution in [0.1, 0.15) is 41.5 Å². The largest absolute Gasteiger partial charge is 0.345 e. The van der Waals surface area contributed by atoms with Crippen LogP contribution in [0, 0.1) is 5.41 Å². The van der Waals surface area contributed by atoms with Crippen LogP contribution in [0.4, 0.5) is 0 Å². The fraction of sp³-hybridized carbons (Fsp3) is 0.435. The summed E-state index contributed by atoms with van der Waals surface area (Å²) < 4.78 is 0. The maximum Gasteiger partial charge on any atom is 0.230 e. The van der Waals surface area contributed by atoms with E-state index < -0.39 is 0 Å². The van der Waals surface area contributed by atoms with E-state index in [1.54, 1.807) is 0 Å². The van der Waals surface area contributed by atoms with Crippen molar-refractivity contribution >= 4 is 5.91 Å². The second-order valence-corrected chi connectivity index (χ2v) is 8.27. The first-order valence-corrected chi connectivity index (χ1v) is 9.81. The lowest BCUT2D eigenvalue weighted by atomic mass is 9.63. The Morgan fingerprint density at radius 3 is 2.54 bits per heavy atom. The predicted octanol–water partition coefficient (Wildman–Crippen LogP) is 3.62. The number of rotatable bonds is 1. The van der Waals surface area contributed by atoms with Crippen molar-refractivity contribution in [1.82, 2.24) is 9.80 Å². The van der Waals surface area contributed by atoms with E-state index in [1.807, 2.05) is 11.9 Å². The van der Waals surface area contributed by atoms with Gasteiger partial charge < -0.3 is 4.90 Å². The van der Waals surface area contributed by atoms with Crippen LogP contribution >= 0.6 is 0 Å². The third kappa shape index (κ3) is 2.26. The summed E-state index contributed by atoms with van der Waals surface area (Å²) in [5.41, 5.74) is 4.05. The molecule has 1 spiro atoms. The van der Waals surface area contributed by atoms with E-state index in [-0.39, 0.29) is 5.41 Å².